The van der Waals surface area contributed by atoms with Crippen molar-refractivity contribution in [2.45, 2.75) is 13.8 Å². The van der Waals surface area contributed by atoms with Gasteiger partial charge in [-0.05, 0) is 37.1 Å². The molecule has 1 aromatic rings. The summed E-state index contributed by atoms with van der Waals surface area (Å²) < 4.78 is 4.69. The highest BCUT2D eigenvalue weighted by Gasteiger charge is 2.06. The summed E-state index contributed by atoms with van der Waals surface area (Å²) in [6.45, 7) is 3.83. The highest BCUT2D eigenvalue weighted by molar-refractivity contribution is 6.32. The van der Waals surface area contributed by atoms with E-state index in [1.165, 1.54) is 0 Å². The Morgan fingerprint density at radius 1 is 1.38 bits per heavy atom. The summed E-state index contributed by atoms with van der Waals surface area (Å²) in [5, 5.41) is 0.391. The van der Waals surface area contributed by atoms with Crippen molar-refractivity contribution in [3.8, 4) is 5.75 Å². The van der Waals surface area contributed by atoms with Gasteiger partial charge in [0.25, 0.3) is 0 Å². The van der Waals surface area contributed by atoms with Gasteiger partial charge in [0, 0.05) is 0 Å². The third-order valence-electron chi connectivity index (χ3n) is 1.76. The van der Waals surface area contributed by atoms with E-state index in [0.717, 1.165) is 11.1 Å². The van der Waals surface area contributed by atoms with Gasteiger partial charge in [-0.15, -0.1) is 0 Å². The zero-order valence-electron chi connectivity index (χ0n) is 7.43. The molecule has 0 saturated heterocycles. The molecule has 0 spiro atoms. The number of ether oxygens (including phenoxy) is 1. The van der Waals surface area contributed by atoms with Crippen LogP contribution in [0.25, 0.3) is 0 Å². The summed E-state index contributed by atoms with van der Waals surface area (Å²) in [6, 6.07) is 3.41. The Kier molecular flexibility index (Phi) is 2.78. The van der Waals surface area contributed by atoms with Crippen LogP contribution >= 0.6 is 11.6 Å². The third kappa shape index (κ3) is 2.36. The minimum atomic E-state index is -0.856. The molecular weight excluding hydrogens is 190 g/mol. The van der Waals surface area contributed by atoms with Gasteiger partial charge in [0.15, 0.2) is 5.75 Å². The van der Waals surface area contributed by atoms with Crippen LogP contribution in [0, 0.1) is 13.8 Å². The maximum atomic E-state index is 10.5. The first-order valence-corrected chi connectivity index (χ1v) is 4.12. The van der Waals surface area contributed by atoms with E-state index < -0.39 is 6.09 Å². The molecule has 0 aromatic heterocycles. The van der Waals surface area contributed by atoms with Crippen LogP contribution in [0.5, 0.6) is 5.75 Å². The Balaban J connectivity index is 3.08. The summed E-state index contributed by atoms with van der Waals surface area (Å²) in [4.78, 5) is 10.5. The van der Waals surface area contributed by atoms with Crippen LogP contribution in [0.3, 0.4) is 0 Å². The predicted molar refractivity (Wildman–Crippen MR) is 51.1 cm³/mol. The number of amides is 1. The molecule has 0 radical (unpaired) electrons. The Hall–Kier alpha value is -1.22. The van der Waals surface area contributed by atoms with Crippen molar-refractivity contribution in [2.24, 2.45) is 5.73 Å². The molecule has 1 rings (SSSR count). The zero-order valence-corrected chi connectivity index (χ0v) is 8.18. The molecule has 13 heavy (non-hydrogen) atoms. The van der Waals surface area contributed by atoms with Crippen molar-refractivity contribution in [2.75, 3.05) is 0 Å². The standard InChI is InChI=1S/C9H10ClNO2/c1-5-3-7(10)8(4-6(5)2)13-9(11)12/h3-4H,1-2H3,(H2,11,12). The summed E-state index contributed by atoms with van der Waals surface area (Å²) in [6.07, 6.45) is -0.856. The number of carbonyl (C=O) groups is 1. The van der Waals surface area contributed by atoms with Gasteiger partial charge in [-0.2, -0.15) is 0 Å². The van der Waals surface area contributed by atoms with Gasteiger partial charge in [-0.25, -0.2) is 4.79 Å². The monoisotopic (exact) mass is 199 g/mol. The number of hydrogen-bond donors (Lipinski definition) is 1. The van der Waals surface area contributed by atoms with Gasteiger partial charge in [0.05, 0.1) is 5.02 Å². The van der Waals surface area contributed by atoms with Gasteiger partial charge in [0.2, 0.25) is 0 Å². The number of carbonyl (C=O) groups excluding carboxylic acids is 1. The largest absolute Gasteiger partial charge is 0.410 e. The SMILES string of the molecule is Cc1cc(Cl)c(OC(N)=O)cc1C. The minimum absolute atomic E-state index is 0.303. The van der Waals surface area contributed by atoms with E-state index in [0.29, 0.717) is 10.8 Å². The third-order valence-corrected chi connectivity index (χ3v) is 2.05. The summed E-state index contributed by atoms with van der Waals surface area (Å²) in [7, 11) is 0. The van der Waals surface area contributed by atoms with Gasteiger partial charge in [0.1, 0.15) is 0 Å². The number of hydrogen-bond acceptors (Lipinski definition) is 2. The molecule has 0 aliphatic carbocycles. The van der Waals surface area contributed by atoms with Crippen LogP contribution in [0.15, 0.2) is 12.1 Å². The van der Waals surface area contributed by atoms with E-state index in [1.807, 2.05) is 13.8 Å². The second-order valence-corrected chi connectivity index (χ2v) is 3.20. The molecule has 0 unspecified atom stereocenters. The van der Waals surface area contributed by atoms with Crippen molar-refractivity contribution in [3.05, 3.63) is 28.3 Å². The van der Waals surface area contributed by atoms with E-state index in [9.17, 15) is 4.79 Å². The van der Waals surface area contributed by atoms with Crippen LogP contribution in [0.4, 0.5) is 4.79 Å². The highest BCUT2D eigenvalue weighted by Crippen LogP contribution is 2.27. The van der Waals surface area contributed by atoms with Gasteiger partial charge < -0.3 is 10.5 Å². The number of halogens is 1. The van der Waals surface area contributed by atoms with Crippen LogP contribution in [-0.2, 0) is 0 Å². The molecule has 0 aliphatic heterocycles. The first-order chi connectivity index (χ1) is 6.00. The molecule has 2 N–H and O–H groups in total. The molecule has 1 aromatic carbocycles. The molecule has 0 aliphatic rings. The lowest BCUT2D eigenvalue weighted by molar-refractivity contribution is 0.211. The van der Waals surface area contributed by atoms with E-state index >= 15 is 0 Å². The molecule has 0 heterocycles. The van der Waals surface area contributed by atoms with Crippen molar-refractivity contribution in [1.29, 1.82) is 0 Å². The average Bonchev–Trinajstić information content (AvgIpc) is 1.99. The molecule has 0 saturated carbocycles. The Morgan fingerprint density at radius 3 is 2.46 bits per heavy atom. The molecule has 70 valence electrons. The van der Waals surface area contributed by atoms with Crippen molar-refractivity contribution >= 4 is 17.7 Å². The van der Waals surface area contributed by atoms with E-state index in [1.54, 1.807) is 12.1 Å². The van der Waals surface area contributed by atoms with E-state index in [2.05, 4.69) is 4.74 Å². The Bertz CT molecular complexity index is 350. The molecule has 0 bridgehead atoms. The molecule has 4 heteroatoms. The van der Waals surface area contributed by atoms with Crippen molar-refractivity contribution in [3.63, 3.8) is 0 Å². The Labute approximate surface area is 81.4 Å². The van der Waals surface area contributed by atoms with E-state index in [-0.39, 0.29) is 0 Å². The van der Waals surface area contributed by atoms with Crippen LogP contribution < -0.4 is 10.5 Å². The van der Waals surface area contributed by atoms with Crippen LogP contribution in [-0.4, -0.2) is 6.09 Å². The molecular formula is C9H10ClNO2. The highest BCUT2D eigenvalue weighted by atomic mass is 35.5. The zero-order chi connectivity index (χ0) is 10.0. The molecule has 1 amide bonds. The summed E-state index contributed by atoms with van der Waals surface area (Å²) >= 11 is 5.81. The normalized spacial score (nSPS) is 9.77. The molecule has 0 atom stereocenters. The lowest BCUT2D eigenvalue weighted by atomic mass is 10.1. The number of benzene rings is 1. The van der Waals surface area contributed by atoms with Crippen LogP contribution in [0.2, 0.25) is 5.02 Å². The van der Waals surface area contributed by atoms with Gasteiger partial charge in [-0.1, -0.05) is 11.6 Å². The molecule has 3 nitrogen and oxygen atoms in total. The number of rotatable bonds is 1. The van der Waals surface area contributed by atoms with Gasteiger partial charge >= 0.3 is 6.09 Å². The summed E-state index contributed by atoms with van der Waals surface area (Å²) in [5.74, 6) is 0.303. The van der Waals surface area contributed by atoms with Crippen molar-refractivity contribution in [1.82, 2.24) is 0 Å². The van der Waals surface area contributed by atoms with Crippen LogP contribution in [0.1, 0.15) is 11.1 Å². The smallest absolute Gasteiger partial charge is 0.409 e. The molecule has 0 fully saturated rings. The van der Waals surface area contributed by atoms with Gasteiger partial charge in [-0.3, -0.25) is 0 Å². The maximum Gasteiger partial charge on any atom is 0.410 e. The fourth-order valence-corrected chi connectivity index (χ4v) is 1.20. The van der Waals surface area contributed by atoms with E-state index in [4.69, 9.17) is 17.3 Å². The quantitative estimate of drug-likeness (QED) is 0.755. The first kappa shape index (κ1) is 9.86. The fraction of sp³-hybridized carbons (Fsp3) is 0.222. The van der Waals surface area contributed by atoms with Crippen molar-refractivity contribution < 1.29 is 9.53 Å². The number of aryl methyl sites for hydroxylation is 2. The topological polar surface area (TPSA) is 52.3 Å². The minimum Gasteiger partial charge on any atom is -0.409 e. The fourth-order valence-electron chi connectivity index (χ4n) is 0.941. The maximum absolute atomic E-state index is 10.5. The Morgan fingerprint density at radius 2 is 1.92 bits per heavy atom. The lowest BCUT2D eigenvalue weighted by Gasteiger charge is -2.06. The summed E-state index contributed by atoms with van der Waals surface area (Å²) in [5.41, 5.74) is 6.91. The second kappa shape index (κ2) is 3.66. The predicted octanol–water partition coefficient (Wildman–Crippen LogP) is 2.41. The number of nitrogens with two attached hydrogens (primary N) is 1. The second-order valence-electron chi connectivity index (χ2n) is 2.79. The number of primary amides is 1. The first-order valence-electron chi connectivity index (χ1n) is 3.74. The average molecular weight is 200 g/mol. The lowest BCUT2D eigenvalue weighted by Crippen LogP contribution is -2.16.